The van der Waals surface area contributed by atoms with Gasteiger partial charge in [0.25, 0.3) is 0 Å². The highest BCUT2D eigenvalue weighted by molar-refractivity contribution is 5.90. The Morgan fingerprint density at radius 3 is 2.00 bits per heavy atom. The quantitative estimate of drug-likeness (QED) is 0.711. The molecule has 2 aromatic carbocycles. The molecule has 1 aliphatic rings. The van der Waals surface area contributed by atoms with E-state index in [1.54, 1.807) is 24.3 Å². The van der Waals surface area contributed by atoms with Gasteiger partial charge < -0.3 is 18.9 Å². The normalized spacial score (nSPS) is 21.3. The van der Waals surface area contributed by atoms with Crippen molar-refractivity contribution in [2.45, 2.75) is 38.8 Å². The van der Waals surface area contributed by atoms with Gasteiger partial charge >= 0.3 is 11.9 Å². The second-order valence-electron chi connectivity index (χ2n) is 6.85. The zero-order chi connectivity index (χ0) is 20.1. The van der Waals surface area contributed by atoms with E-state index in [2.05, 4.69) is 0 Å². The Hall–Kier alpha value is -2.70. The molecule has 1 fully saturated rings. The zero-order valence-electron chi connectivity index (χ0n) is 16.2. The number of carbonyl (C=O) groups excluding carboxylic acids is 2. The van der Waals surface area contributed by atoms with E-state index >= 15 is 0 Å². The van der Waals surface area contributed by atoms with Crippen LogP contribution in [-0.4, -0.2) is 44.2 Å². The summed E-state index contributed by atoms with van der Waals surface area (Å²) in [7, 11) is 1.52. The van der Waals surface area contributed by atoms with E-state index in [1.807, 2.05) is 38.1 Å². The van der Waals surface area contributed by atoms with Crippen LogP contribution in [0.15, 0.2) is 48.5 Å². The molecule has 0 amide bonds. The van der Waals surface area contributed by atoms with Gasteiger partial charge in [-0.2, -0.15) is 0 Å². The van der Waals surface area contributed by atoms with Gasteiger partial charge in [-0.1, -0.05) is 35.4 Å². The van der Waals surface area contributed by atoms with Gasteiger partial charge in [0.05, 0.1) is 11.1 Å². The SMILES string of the molecule is CO[C@H]1CC(OC(=O)c2ccc(C)cc2)[C@@H](COC(=O)c2ccc(C)cc2)O1. The third-order valence-electron chi connectivity index (χ3n) is 4.64. The molecule has 0 N–H and O–H groups in total. The standard InChI is InChI=1S/C22H24O6/c1-14-4-8-16(9-5-14)21(23)26-13-19-18(12-20(25-3)27-19)28-22(24)17-10-6-15(2)7-11-17/h4-11,18-20H,12-13H2,1-3H3/t18?,19-,20-/m1/s1. The lowest BCUT2D eigenvalue weighted by Gasteiger charge is -2.19. The minimum Gasteiger partial charge on any atom is -0.459 e. The van der Waals surface area contributed by atoms with E-state index in [4.69, 9.17) is 18.9 Å². The Balaban J connectivity index is 1.61. The molecule has 1 aliphatic heterocycles. The molecule has 3 rings (SSSR count). The fourth-order valence-corrected chi connectivity index (χ4v) is 2.93. The Morgan fingerprint density at radius 1 is 0.929 bits per heavy atom. The first-order chi connectivity index (χ1) is 13.5. The maximum atomic E-state index is 12.4. The summed E-state index contributed by atoms with van der Waals surface area (Å²) >= 11 is 0. The molecular weight excluding hydrogens is 360 g/mol. The number of aryl methyl sites for hydroxylation is 2. The van der Waals surface area contributed by atoms with Crippen molar-refractivity contribution in [2.24, 2.45) is 0 Å². The smallest absolute Gasteiger partial charge is 0.338 e. The monoisotopic (exact) mass is 384 g/mol. The molecule has 6 nitrogen and oxygen atoms in total. The van der Waals surface area contributed by atoms with Crippen LogP contribution in [0.5, 0.6) is 0 Å². The lowest BCUT2D eigenvalue weighted by atomic mass is 10.1. The first-order valence-electron chi connectivity index (χ1n) is 9.16. The van der Waals surface area contributed by atoms with Crippen molar-refractivity contribution in [3.63, 3.8) is 0 Å². The van der Waals surface area contributed by atoms with Crippen molar-refractivity contribution in [3.8, 4) is 0 Å². The second kappa shape index (κ2) is 8.99. The van der Waals surface area contributed by atoms with Gasteiger partial charge in [0, 0.05) is 13.5 Å². The largest absolute Gasteiger partial charge is 0.459 e. The summed E-state index contributed by atoms with van der Waals surface area (Å²) in [6, 6.07) is 14.2. The molecule has 0 spiro atoms. The number of ether oxygens (including phenoxy) is 4. The topological polar surface area (TPSA) is 71.1 Å². The van der Waals surface area contributed by atoms with Crippen molar-refractivity contribution >= 4 is 11.9 Å². The predicted molar refractivity (Wildman–Crippen MR) is 102 cm³/mol. The Bertz CT molecular complexity index is 812. The second-order valence-corrected chi connectivity index (χ2v) is 6.85. The third-order valence-corrected chi connectivity index (χ3v) is 4.64. The van der Waals surface area contributed by atoms with Crippen molar-refractivity contribution in [3.05, 3.63) is 70.8 Å². The van der Waals surface area contributed by atoms with Crippen molar-refractivity contribution in [1.82, 2.24) is 0 Å². The summed E-state index contributed by atoms with van der Waals surface area (Å²) in [6.07, 6.45) is -1.29. The molecular formula is C22H24O6. The minimum absolute atomic E-state index is 0.0294. The number of methoxy groups -OCH3 is 1. The average molecular weight is 384 g/mol. The first-order valence-corrected chi connectivity index (χ1v) is 9.16. The molecule has 2 aromatic rings. The van der Waals surface area contributed by atoms with Gasteiger partial charge in [0.15, 0.2) is 6.29 Å². The highest BCUT2D eigenvalue weighted by Gasteiger charge is 2.39. The van der Waals surface area contributed by atoms with E-state index in [-0.39, 0.29) is 6.61 Å². The summed E-state index contributed by atoms with van der Waals surface area (Å²) in [6.45, 7) is 3.86. The van der Waals surface area contributed by atoms with Gasteiger partial charge in [0.1, 0.15) is 18.8 Å². The minimum atomic E-state index is -0.589. The molecule has 0 saturated carbocycles. The number of rotatable bonds is 6. The van der Waals surface area contributed by atoms with E-state index in [0.717, 1.165) is 11.1 Å². The van der Waals surface area contributed by atoms with Gasteiger partial charge in [-0.3, -0.25) is 0 Å². The van der Waals surface area contributed by atoms with Crippen LogP contribution in [0, 0.1) is 13.8 Å². The Kier molecular flexibility index (Phi) is 6.44. The maximum absolute atomic E-state index is 12.4. The van der Waals surface area contributed by atoms with Crippen molar-refractivity contribution in [1.29, 1.82) is 0 Å². The molecule has 0 bridgehead atoms. The fourth-order valence-electron chi connectivity index (χ4n) is 2.93. The predicted octanol–water partition coefficient (Wildman–Crippen LogP) is 3.45. The lowest BCUT2D eigenvalue weighted by Crippen LogP contribution is -2.32. The third kappa shape index (κ3) is 4.97. The van der Waals surface area contributed by atoms with Gasteiger partial charge in [-0.05, 0) is 38.1 Å². The molecule has 3 atom stereocenters. The van der Waals surface area contributed by atoms with Crippen LogP contribution in [0.25, 0.3) is 0 Å². The molecule has 1 heterocycles. The van der Waals surface area contributed by atoms with Gasteiger partial charge in [-0.15, -0.1) is 0 Å². The molecule has 0 aliphatic carbocycles. The average Bonchev–Trinajstić information content (AvgIpc) is 3.09. The van der Waals surface area contributed by atoms with Crippen LogP contribution >= 0.6 is 0 Å². The van der Waals surface area contributed by atoms with Crippen LogP contribution in [0.3, 0.4) is 0 Å². The molecule has 0 radical (unpaired) electrons. The van der Waals surface area contributed by atoms with Crippen LogP contribution in [0.1, 0.15) is 38.3 Å². The summed E-state index contributed by atoms with van der Waals surface area (Å²) in [4.78, 5) is 24.6. The fraction of sp³-hybridized carbons (Fsp3) is 0.364. The zero-order valence-corrected chi connectivity index (χ0v) is 16.2. The maximum Gasteiger partial charge on any atom is 0.338 e. The van der Waals surface area contributed by atoms with Crippen LogP contribution < -0.4 is 0 Å². The molecule has 1 unspecified atom stereocenters. The lowest BCUT2D eigenvalue weighted by molar-refractivity contribution is -0.128. The van der Waals surface area contributed by atoms with E-state index in [9.17, 15) is 9.59 Å². The van der Waals surface area contributed by atoms with E-state index < -0.39 is 30.4 Å². The van der Waals surface area contributed by atoms with Gasteiger partial charge in [-0.25, -0.2) is 9.59 Å². The van der Waals surface area contributed by atoms with Crippen LogP contribution in [0.2, 0.25) is 0 Å². The first kappa shape index (κ1) is 20.0. The number of hydrogen-bond donors (Lipinski definition) is 0. The number of benzene rings is 2. The molecule has 28 heavy (non-hydrogen) atoms. The number of esters is 2. The molecule has 1 saturated heterocycles. The summed E-state index contributed by atoms with van der Waals surface area (Å²) in [5.74, 6) is -0.895. The highest BCUT2D eigenvalue weighted by atomic mass is 16.7. The number of carbonyl (C=O) groups is 2. The van der Waals surface area contributed by atoms with Crippen LogP contribution in [0.4, 0.5) is 0 Å². The summed E-state index contributed by atoms with van der Waals surface area (Å²) < 4.78 is 21.9. The van der Waals surface area contributed by atoms with Crippen molar-refractivity contribution in [2.75, 3.05) is 13.7 Å². The summed E-state index contributed by atoms with van der Waals surface area (Å²) in [5, 5.41) is 0. The molecule has 148 valence electrons. The molecule has 0 aromatic heterocycles. The van der Waals surface area contributed by atoms with Gasteiger partial charge in [0.2, 0.25) is 0 Å². The highest BCUT2D eigenvalue weighted by Crippen LogP contribution is 2.25. The Morgan fingerprint density at radius 2 is 1.46 bits per heavy atom. The van der Waals surface area contributed by atoms with E-state index in [0.29, 0.717) is 17.5 Å². The number of hydrogen-bond acceptors (Lipinski definition) is 6. The Labute approximate surface area is 164 Å². The summed E-state index contributed by atoms with van der Waals surface area (Å²) in [5.41, 5.74) is 3.03. The van der Waals surface area contributed by atoms with Crippen LogP contribution in [-0.2, 0) is 18.9 Å². The molecule has 6 heteroatoms. The van der Waals surface area contributed by atoms with Crippen molar-refractivity contribution < 1.29 is 28.5 Å². The van der Waals surface area contributed by atoms with E-state index in [1.165, 1.54) is 7.11 Å².